The molecule has 2 aliphatic heterocycles. The first kappa shape index (κ1) is 11.3. The van der Waals surface area contributed by atoms with E-state index in [1.54, 1.807) is 7.11 Å². The normalized spacial score (nSPS) is 51.2. The highest BCUT2D eigenvalue weighted by Crippen LogP contribution is 2.33. The summed E-state index contributed by atoms with van der Waals surface area (Å²) in [5.41, 5.74) is 0. The second kappa shape index (κ2) is 3.99. The van der Waals surface area contributed by atoms with E-state index in [4.69, 9.17) is 18.9 Å². The van der Waals surface area contributed by atoms with Crippen LogP contribution in [0.25, 0.3) is 0 Å². The minimum Gasteiger partial charge on any atom is -0.388 e. The predicted molar refractivity (Wildman–Crippen MR) is 51.4 cm³/mol. The molecule has 0 aromatic carbocycles. The van der Waals surface area contributed by atoms with Crippen LogP contribution < -0.4 is 0 Å². The number of hydrogen-bond acceptors (Lipinski definition) is 5. The van der Waals surface area contributed by atoms with Crippen molar-refractivity contribution in [2.45, 2.75) is 44.1 Å². The molecule has 0 saturated carbocycles. The summed E-state index contributed by atoms with van der Waals surface area (Å²) in [5, 5.41) is 9.73. The van der Waals surface area contributed by atoms with E-state index in [1.165, 1.54) is 0 Å². The predicted octanol–water partition coefficient (Wildman–Crippen LogP) is -0.0874. The van der Waals surface area contributed by atoms with E-state index < -0.39 is 11.9 Å². The fourth-order valence-electron chi connectivity index (χ4n) is 1.98. The molecule has 2 aliphatic rings. The second-order valence-electron chi connectivity index (χ2n) is 4.22. The quantitative estimate of drug-likeness (QED) is 0.666. The highest BCUT2D eigenvalue weighted by Gasteiger charge is 2.49. The lowest BCUT2D eigenvalue weighted by Crippen LogP contribution is -2.63. The molecule has 88 valence electrons. The summed E-state index contributed by atoms with van der Waals surface area (Å²) in [6.07, 6.45) is -1.39. The molecular weight excluding hydrogens is 200 g/mol. The summed E-state index contributed by atoms with van der Waals surface area (Å²) in [6, 6.07) is 0. The van der Waals surface area contributed by atoms with Crippen molar-refractivity contribution >= 4 is 0 Å². The monoisotopic (exact) mass is 218 g/mol. The fourth-order valence-corrected chi connectivity index (χ4v) is 1.98. The number of ether oxygens (including phenoxy) is 4. The number of fused-ring (bicyclic) bond motifs is 1. The third kappa shape index (κ3) is 1.90. The van der Waals surface area contributed by atoms with Crippen LogP contribution in [0, 0.1) is 0 Å². The first-order valence-corrected chi connectivity index (χ1v) is 5.21. The molecule has 0 radical (unpaired) electrons. The maximum absolute atomic E-state index is 9.73. The van der Waals surface area contributed by atoms with Crippen molar-refractivity contribution in [1.82, 2.24) is 0 Å². The van der Waals surface area contributed by atoms with Crippen LogP contribution in [0.1, 0.15) is 13.8 Å². The SMILES string of the molecule is COC1(C)OC2C(O)COCC2OC1C. The Morgan fingerprint density at radius 1 is 1.40 bits per heavy atom. The summed E-state index contributed by atoms with van der Waals surface area (Å²) in [7, 11) is 1.58. The topological polar surface area (TPSA) is 57.2 Å². The Kier molecular flexibility index (Phi) is 3.00. The Morgan fingerprint density at radius 2 is 2.13 bits per heavy atom. The van der Waals surface area contributed by atoms with Crippen molar-refractivity contribution in [3.63, 3.8) is 0 Å². The van der Waals surface area contributed by atoms with E-state index in [-0.39, 0.29) is 18.3 Å². The molecule has 2 rings (SSSR count). The van der Waals surface area contributed by atoms with Gasteiger partial charge in [0.05, 0.1) is 13.2 Å². The van der Waals surface area contributed by atoms with Gasteiger partial charge in [0.2, 0.25) is 0 Å². The van der Waals surface area contributed by atoms with Gasteiger partial charge in [0.15, 0.2) is 5.79 Å². The highest BCUT2D eigenvalue weighted by atomic mass is 16.7. The third-order valence-corrected chi connectivity index (χ3v) is 3.21. The minimum absolute atomic E-state index is 0.183. The van der Waals surface area contributed by atoms with Crippen LogP contribution in [0.15, 0.2) is 0 Å². The molecule has 5 nitrogen and oxygen atoms in total. The van der Waals surface area contributed by atoms with Gasteiger partial charge in [-0.1, -0.05) is 0 Å². The van der Waals surface area contributed by atoms with Gasteiger partial charge in [-0.25, -0.2) is 0 Å². The lowest BCUT2D eigenvalue weighted by molar-refractivity contribution is -0.373. The fraction of sp³-hybridized carbons (Fsp3) is 1.00. The minimum atomic E-state index is -0.792. The van der Waals surface area contributed by atoms with Crippen LogP contribution in [-0.4, -0.2) is 55.6 Å². The number of aliphatic hydroxyl groups is 1. The van der Waals surface area contributed by atoms with Gasteiger partial charge in [-0.05, 0) is 13.8 Å². The molecule has 0 aromatic rings. The highest BCUT2D eigenvalue weighted by molar-refractivity contribution is 4.91. The largest absolute Gasteiger partial charge is 0.388 e. The zero-order chi connectivity index (χ0) is 11.1. The molecular formula is C10H18O5. The molecule has 5 unspecified atom stereocenters. The molecule has 0 aromatic heterocycles. The van der Waals surface area contributed by atoms with Gasteiger partial charge in [0, 0.05) is 7.11 Å². The van der Waals surface area contributed by atoms with Crippen LogP contribution in [0.5, 0.6) is 0 Å². The molecule has 0 spiro atoms. The van der Waals surface area contributed by atoms with Gasteiger partial charge in [0.1, 0.15) is 24.4 Å². The molecule has 0 amide bonds. The second-order valence-corrected chi connectivity index (χ2v) is 4.22. The van der Waals surface area contributed by atoms with Crippen LogP contribution in [-0.2, 0) is 18.9 Å². The van der Waals surface area contributed by atoms with Crippen molar-refractivity contribution in [2.24, 2.45) is 0 Å². The zero-order valence-corrected chi connectivity index (χ0v) is 9.30. The van der Waals surface area contributed by atoms with E-state index in [1.807, 2.05) is 13.8 Å². The number of hydrogen-bond donors (Lipinski definition) is 1. The maximum Gasteiger partial charge on any atom is 0.191 e. The number of aliphatic hydroxyl groups excluding tert-OH is 1. The summed E-state index contributed by atoms with van der Waals surface area (Å²) in [6.45, 7) is 4.46. The van der Waals surface area contributed by atoms with Crippen molar-refractivity contribution < 1.29 is 24.1 Å². The smallest absolute Gasteiger partial charge is 0.191 e. The van der Waals surface area contributed by atoms with Crippen molar-refractivity contribution in [1.29, 1.82) is 0 Å². The van der Waals surface area contributed by atoms with Crippen LogP contribution in [0.3, 0.4) is 0 Å². The number of methoxy groups -OCH3 is 1. The van der Waals surface area contributed by atoms with Gasteiger partial charge in [-0.15, -0.1) is 0 Å². The van der Waals surface area contributed by atoms with E-state index in [0.29, 0.717) is 13.2 Å². The lowest BCUT2D eigenvalue weighted by atomic mass is 10.0. The van der Waals surface area contributed by atoms with Crippen molar-refractivity contribution in [2.75, 3.05) is 20.3 Å². The molecule has 5 heteroatoms. The van der Waals surface area contributed by atoms with E-state index in [0.717, 1.165) is 0 Å². The van der Waals surface area contributed by atoms with Crippen LogP contribution in [0.2, 0.25) is 0 Å². The van der Waals surface area contributed by atoms with E-state index in [2.05, 4.69) is 0 Å². The first-order chi connectivity index (χ1) is 7.07. The summed E-state index contributed by atoms with van der Waals surface area (Å²) in [5.74, 6) is -0.792. The van der Waals surface area contributed by atoms with E-state index >= 15 is 0 Å². The third-order valence-electron chi connectivity index (χ3n) is 3.21. The Balaban J connectivity index is 2.12. The van der Waals surface area contributed by atoms with Gasteiger partial charge in [0.25, 0.3) is 0 Å². The Labute approximate surface area is 89.3 Å². The Hall–Kier alpha value is -0.200. The summed E-state index contributed by atoms with van der Waals surface area (Å²) >= 11 is 0. The maximum atomic E-state index is 9.73. The lowest BCUT2D eigenvalue weighted by Gasteiger charge is -2.48. The van der Waals surface area contributed by atoms with Gasteiger partial charge < -0.3 is 24.1 Å². The molecule has 5 atom stereocenters. The van der Waals surface area contributed by atoms with Gasteiger partial charge >= 0.3 is 0 Å². The first-order valence-electron chi connectivity index (χ1n) is 5.21. The zero-order valence-electron chi connectivity index (χ0n) is 9.30. The Morgan fingerprint density at radius 3 is 2.80 bits per heavy atom. The molecule has 15 heavy (non-hydrogen) atoms. The molecule has 0 bridgehead atoms. The average molecular weight is 218 g/mol. The molecule has 2 fully saturated rings. The molecule has 2 heterocycles. The molecule has 0 aliphatic carbocycles. The summed E-state index contributed by atoms with van der Waals surface area (Å²) in [4.78, 5) is 0. The average Bonchev–Trinajstić information content (AvgIpc) is 2.22. The van der Waals surface area contributed by atoms with Crippen LogP contribution >= 0.6 is 0 Å². The van der Waals surface area contributed by atoms with Gasteiger partial charge in [-0.3, -0.25) is 0 Å². The standard InChI is InChI=1S/C10H18O5/c1-6-10(2,12-3)15-9-7(11)4-13-5-8(9)14-6/h6-9,11H,4-5H2,1-3H3. The summed E-state index contributed by atoms with van der Waals surface area (Å²) < 4.78 is 22.0. The van der Waals surface area contributed by atoms with Gasteiger partial charge in [-0.2, -0.15) is 0 Å². The van der Waals surface area contributed by atoms with Crippen molar-refractivity contribution in [3.05, 3.63) is 0 Å². The van der Waals surface area contributed by atoms with Crippen molar-refractivity contribution in [3.8, 4) is 0 Å². The molecule has 2 saturated heterocycles. The Bertz CT molecular complexity index is 234. The number of rotatable bonds is 1. The van der Waals surface area contributed by atoms with Crippen LogP contribution in [0.4, 0.5) is 0 Å². The van der Waals surface area contributed by atoms with E-state index in [9.17, 15) is 5.11 Å². The molecule has 1 N–H and O–H groups in total.